The number of nitrogens with zero attached hydrogens (tertiary/aromatic N) is 4. The number of esters is 1. The Morgan fingerprint density at radius 2 is 2.00 bits per heavy atom. The zero-order valence-corrected chi connectivity index (χ0v) is 22.3. The first-order chi connectivity index (χ1) is 17.5. The summed E-state index contributed by atoms with van der Waals surface area (Å²) in [5.74, 6) is -0.500. The van der Waals surface area contributed by atoms with E-state index in [0.717, 1.165) is 36.8 Å². The zero-order chi connectivity index (χ0) is 26.4. The van der Waals surface area contributed by atoms with Gasteiger partial charge in [-0.1, -0.05) is 36.6 Å². The molecule has 37 heavy (non-hydrogen) atoms. The van der Waals surface area contributed by atoms with Gasteiger partial charge in [-0.15, -0.1) is 5.10 Å². The van der Waals surface area contributed by atoms with Crippen LogP contribution in [0.1, 0.15) is 74.9 Å². The summed E-state index contributed by atoms with van der Waals surface area (Å²) in [6.07, 6.45) is 9.04. The highest BCUT2D eigenvalue weighted by Gasteiger charge is 2.51. The molecule has 2 aromatic heterocycles. The third-order valence-corrected chi connectivity index (χ3v) is 8.15. The Morgan fingerprint density at radius 3 is 2.68 bits per heavy atom. The molecule has 1 saturated carbocycles. The van der Waals surface area contributed by atoms with Crippen molar-refractivity contribution in [1.29, 1.82) is 0 Å². The molecule has 2 unspecified atom stereocenters. The molecule has 9 heteroatoms. The van der Waals surface area contributed by atoms with Crippen LogP contribution in [0.2, 0.25) is 5.02 Å². The van der Waals surface area contributed by atoms with Crippen LogP contribution in [0, 0.1) is 18.8 Å². The molecule has 2 aliphatic rings. The van der Waals surface area contributed by atoms with Gasteiger partial charge in [-0.2, -0.15) is 4.98 Å². The van der Waals surface area contributed by atoms with Crippen molar-refractivity contribution in [2.24, 2.45) is 11.8 Å². The fraction of sp³-hybridized carbons (Fsp3) is 0.536. The molecular weight excluding hydrogens is 492 g/mol. The van der Waals surface area contributed by atoms with E-state index < -0.39 is 23.1 Å². The van der Waals surface area contributed by atoms with Gasteiger partial charge in [0, 0.05) is 35.8 Å². The number of carbonyl (C=O) groups excluding carboxylic acids is 2. The van der Waals surface area contributed by atoms with Gasteiger partial charge in [0.15, 0.2) is 11.6 Å². The summed E-state index contributed by atoms with van der Waals surface area (Å²) in [6.45, 7) is 5.31. The Kier molecular flexibility index (Phi) is 6.83. The van der Waals surface area contributed by atoms with E-state index in [9.17, 15) is 14.7 Å². The molecule has 1 aliphatic heterocycles. The first kappa shape index (κ1) is 25.8. The average molecular weight is 525 g/mol. The van der Waals surface area contributed by atoms with E-state index >= 15 is 0 Å². The number of fused-ring (bicyclic) bond motifs is 1. The molecule has 2 atom stereocenters. The van der Waals surface area contributed by atoms with E-state index in [1.54, 1.807) is 24.6 Å². The Balaban J connectivity index is 1.34. The maximum atomic E-state index is 13.4. The maximum absolute atomic E-state index is 13.4. The number of rotatable bonds is 7. The summed E-state index contributed by atoms with van der Waals surface area (Å²) in [7, 11) is 0. The van der Waals surface area contributed by atoms with Crippen molar-refractivity contribution < 1.29 is 19.4 Å². The smallest absolute Gasteiger partial charge is 0.317 e. The summed E-state index contributed by atoms with van der Waals surface area (Å²) >= 11 is 6.46. The largest absolute Gasteiger partial charge is 0.458 e. The molecule has 3 heterocycles. The molecule has 1 aliphatic carbocycles. The lowest BCUT2D eigenvalue weighted by molar-refractivity contribution is -0.185. The summed E-state index contributed by atoms with van der Waals surface area (Å²) < 4.78 is 7.80. The van der Waals surface area contributed by atoms with Gasteiger partial charge in [0.2, 0.25) is 0 Å². The van der Waals surface area contributed by atoms with Crippen LogP contribution in [0.5, 0.6) is 0 Å². The third-order valence-electron chi connectivity index (χ3n) is 7.83. The number of benzene rings is 1. The van der Waals surface area contributed by atoms with Crippen molar-refractivity contribution in [3.05, 3.63) is 58.1 Å². The van der Waals surface area contributed by atoms with Gasteiger partial charge in [-0.25, -0.2) is 9.50 Å². The number of cyclic esters (lactones) is 1. The minimum absolute atomic E-state index is 0.106. The third kappa shape index (κ3) is 5.27. The number of ether oxygens (including phenoxy) is 1. The average Bonchev–Trinajstić information content (AvgIpc) is 3.49. The minimum atomic E-state index is -1.04. The molecule has 0 amide bonds. The van der Waals surface area contributed by atoms with Crippen LogP contribution in [0.4, 0.5) is 0 Å². The molecule has 196 valence electrons. The van der Waals surface area contributed by atoms with Gasteiger partial charge in [-0.05, 0) is 69.6 Å². The zero-order valence-electron chi connectivity index (χ0n) is 21.5. The van der Waals surface area contributed by atoms with Crippen LogP contribution in [0.3, 0.4) is 0 Å². The van der Waals surface area contributed by atoms with E-state index in [1.165, 1.54) is 0 Å². The van der Waals surface area contributed by atoms with Crippen LogP contribution in [-0.4, -0.2) is 42.0 Å². The molecule has 0 spiro atoms. The van der Waals surface area contributed by atoms with Crippen molar-refractivity contribution in [3.63, 3.8) is 0 Å². The van der Waals surface area contributed by atoms with Crippen LogP contribution in [0.15, 0.2) is 30.6 Å². The predicted octanol–water partition coefficient (Wildman–Crippen LogP) is 4.55. The summed E-state index contributed by atoms with van der Waals surface area (Å²) in [5.41, 5.74) is 0.739. The molecular formula is C28H33ClN4O4. The quantitative estimate of drug-likeness (QED) is 0.357. The first-order valence-corrected chi connectivity index (χ1v) is 13.4. The van der Waals surface area contributed by atoms with E-state index in [1.807, 2.05) is 31.3 Å². The summed E-state index contributed by atoms with van der Waals surface area (Å²) in [5, 5.41) is 15.2. The maximum Gasteiger partial charge on any atom is 0.317 e. The first-order valence-electron chi connectivity index (χ1n) is 13.0. The lowest BCUT2D eigenvalue weighted by Crippen LogP contribution is -2.52. The highest BCUT2D eigenvalue weighted by molar-refractivity contribution is 6.31. The monoisotopic (exact) mass is 524 g/mol. The van der Waals surface area contributed by atoms with E-state index in [-0.39, 0.29) is 24.5 Å². The van der Waals surface area contributed by atoms with Crippen LogP contribution in [-0.2, 0) is 32.8 Å². The summed E-state index contributed by atoms with van der Waals surface area (Å²) in [4.78, 5) is 35.4. The molecule has 5 rings (SSSR count). The Hall–Kier alpha value is -2.84. The van der Waals surface area contributed by atoms with Crippen LogP contribution >= 0.6 is 11.6 Å². The Morgan fingerprint density at radius 1 is 1.24 bits per heavy atom. The van der Waals surface area contributed by atoms with Gasteiger partial charge in [-0.3, -0.25) is 9.59 Å². The summed E-state index contributed by atoms with van der Waals surface area (Å²) in [6, 6.07) is 5.64. The molecule has 3 aromatic rings. The van der Waals surface area contributed by atoms with Gasteiger partial charge in [0.25, 0.3) is 5.78 Å². The fourth-order valence-corrected chi connectivity index (χ4v) is 6.27. The highest BCUT2D eigenvalue weighted by atomic mass is 35.5. The number of aliphatic hydroxyl groups is 1. The number of hydrogen-bond donors (Lipinski definition) is 1. The molecule has 8 nitrogen and oxygen atoms in total. The molecule has 2 fully saturated rings. The second kappa shape index (κ2) is 9.80. The van der Waals surface area contributed by atoms with Crippen molar-refractivity contribution >= 4 is 29.1 Å². The number of Topliss-reactive ketones (excluding diaryl/α,β-unsaturated/α-hetero) is 1. The number of ketones is 1. The topological polar surface area (TPSA) is 107 Å². The number of halogens is 1. The second-order valence-corrected chi connectivity index (χ2v) is 11.6. The molecule has 0 radical (unpaired) electrons. The van der Waals surface area contributed by atoms with Crippen LogP contribution < -0.4 is 0 Å². The number of aryl methyl sites for hydroxylation is 2. The van der Waals surface area contributed by atoms with Crippen molar-refractivity contribution in [1.82, 2.24) is 19.6 Å². The lowest BCUT2D eigenvalue weighted by Gasteiger charge is -2.43. The van der Waals surface area contributed by atoms with Gasteiger partial charge in [0.1, 0.15) is 11.5 Å². The molecule has 1 saturated heterocycles. The second-order valence-electron chi connectivity index (χ2n) is 11.1. The SMILES string of the molecule is Cc1cnc2nc(CC3C(=O)CC(CCc4ccc(C(C)(C)O)c(Cl)c4)(C4CCCC4)OC3=O)nn2c1. The number of carbonyl (C=O) groups is 2. The lowest BCUT2D eigenvalue weighted by atomic mass is 9.73. The highest BCUT2D eigenvalue weighted by Crippen LogP contribution is 2.45. The van der Waals surface area contributed by atoms with Gasteiger partial charge >= 0.3 is 5.97 Å². The molecule has 0 bridgehead atoms. The van der Waals surface area contributed by atoms with E-state index in [4.69, 9.17) is 16.3 Å². The fourth-order valence-electron chi connectivity index (χ4n) is 5.83. The number of hydrogen-bond acceptors (Lipinski definition) is 7. The number of aromatic nitrogens is 4. The molecule has 1 N–H and O–H groups in total. The van der Waals surface area contributed by atoms with Crippen molar-refractivity contribution in [3.8, 4) is 0 Å². The van der Waals surface area contributed by atoms with Crippen molar-refractivity contribution in [2.75, 3.05) is 0 Å². The van der Waals surface area contributed by atoms with Crippen molar-refractivity contribution in [2.45, 2.75) is 83.3 Å². The Bertz CT molecular complexity index is 1320. The van der Waals surface area contributed by atoms with E-state index in [2.05, 4.69) is 15.1 Å². The molecule has 1 aromatic carbocycles. The standard InChI is InChI=1S/C28H33ClN4O4/c1-17-15-30-26-31-24(32-33(26)16-17)13-20-23(34)14-28(37-25(20)35,19-6-4-5-7-19)11-10-18-8-9-21(22(29)12-18)27(2,3)36/h8-9,12,15-16,19-20,36H,4-7,10-11,13-14H2,1-3H3. The normalized spacial score (nSPS) is 23.1. The van der Waals surface area contributed by atoms with Gasteiger partial charge in [0.05, 0.1) is 5.60 Å². The Labute approximate surface area is 221 Å². The van der Waals surface area contributed by atoms with Gasteiger partial charge < -0.3 is 9.84 Å². The van der Waals surface area contributed by atoms with Crippen LogP contribution in [0.25, 0.3) is 5.78 Å². The minimum Gasteiger partial charge on any atom is -0.458 e. The van der Waals surface area contributed by atoms with E-state index in [0.29, 0.717) is 35.0 Å². The predicted molar refractivity (Wildman–Crippen MR) is 138 cm³/mol.